The molecular formula is C17H27N3O2S2. The van der Waals surface area contributed by atoms with E-state index in [0.717, 1.165) is 18.3 Å². The van der Waals surface area contributed by atoms with E-state index in [1.807, 2.05) is 25.1 Å². The number of aliphatic imine (C=N–C) groups is 1. The van der Waals surface area contributed by atoms with Crippen LogP contribution in [0.25, 0.3) is 0 Å². The molecule has 1 heterocycles. The normalized spacial score (nSPS) is 20.0. The minimum Gasteiger partial charge on any atom is -0.357 e. The van der Waals surface area contributed by atoms with E-state index in [1.165, 1.54) is 4.90 Å². The number of guanidine groups is 1. The molecule has 0 bridgehead atoms. The molecule has 1 N–H and O–H groups in total. The van der Waals surface area contributed by atoms with Gasteiger partial charge in [-0.05, 0) is 32.9 Å². The molecule has 0 saturated carbocycles. The Morgan fingerprint density at radius 2 is 2.04 bits per heavy atom. The van der Waals surface area contributed by atoms with Gasteiger partial charge < -0.3 is 10.2 Å². The van der Waals surface area contributed by atoms with E-state index in [0.29, 0.717) is 19.6 Å². The second-order valence-electron chi connectivity index (χ2n) is 6.40. The van der Waals surface area contributed by atoms with Gasteiger partial charge in [0.25, 0.3) is 0 Å². The first-order valence-corrected chi connectivity index (χ1v) is 10.9. The third-order valence-electron chi connectivity index (χ3n) is 4.04. The maximum Gasteiger partial charge on any atom is 0.194 e. The minimum atomic E-state index is -3.03. The van der Waals surface area contributed by atoms with Crippen LogP contribution in [0.2, 0.25) is 0 Å². The van der Waals surface area contributed by atoms with Crippen molar-refractivity contribution in [2.45, 2.75) is 30.4 Å². The summed E-state index contributed by atoms with van der Waals surface area (Å²) in [5, 5.41) is 3.29. The molecule has 0 atom stereocenters. The van der Waals surface area contributed by atoms with Crippen LogP contribution in [0.3, 0.4) is 0 Å². The SMILES string of the molecule is CCNC(=NCCSc1ccccc1)N1CCS(=O)(=O)C(C)(C)C1. The van der Waals surface area contributed by atoms with Gasteiger partial charge in [-0.3, -0.25) is 4.99 Å². The first-order chi connectivity index (χ1) is 11.4. The largest absolute Gasteiger partial charge is 0.357 e. The molecule has 1 saturated heterocycles. The standard InChI is InChI=1S/C17H27N3O2S2/c1-4-18-16(19-10-12-23-15-8-6-5-7-9-15)20-11-13-24(21,22)17(2,3)14-20/h5-9H,4,10-14H2,1-3H3,(H,18,19). The Kier molecular flexibility index (Phi) is 6.57. The fraction of sp³-hybridized carbons (Fsp3) is 0.588. The first kappa shape index (κ1) is 19.1. The fourth-order valence-electron chi connectivity index (χ4n) is 2.58. The Morgan fingerprint density at radius 3 is 2.67 bits per heavy atom. The summed E-state index contributed by atoms with van der Waals surface area (Å²) < 4.78 is 23.6. The molecule has 24 heavy (non-hydrogen) atoms. The summed E-state index contributed by atoms with van der Waals surface area (Å²) in [6.07, 6.45) is 0. The number of rotatable bonds is 5. The molecule has 7 heteroatoms. The van der Waals surface area contributed by atoms with E-state index in [9.17, 15) is 8.42 Å². The molecule has 5 nitrogen and oxygen atoms in total. The highest BCUT2D eigenvalue weighted by atomic mass is 32.2. The van der Waals surface area contributed by atoms with Crippen molar-refractivity contribution in [3.05, 3.63) is 30.3 Å². The van der Waals surface area contributed by atoms with Crippen LogP contribution in [0.15, 0.2) is 40.2 Å². The lowest BCUT2D eigenvalue weighted by atomic mass is 10.2. The molecule has 1 aromatic carbocycles. The molecule has 0 aromatic heterocycles. The highest BCUT2D eigenvalue weighted by molar-refractivity contribution is 7.99. The summed E-state index contributed by atoms with van der Waals surface area (Å²) in [6, 6.07) is 10.3. The number of hydrogen-bond acceptors (Lipinski definition) is 4. The number of nitrogens with one attached hydrogen (secondary N) is 1. The average molecular weight is 370 g/mol. The Morgan fingerprint density at radius 1 is 1.33 bits per heavy atom. The highest BCUT2D eigenvalue weighted by Crippen LogP contribution is 2.23. The second-order valence-corrected chi connectivity index (χ2v) is 10.3. The second kappa shape index (κ2) is 8.25. The zero-order valence-corrected chi connectivity index (χ0v) is 16.3. The highest BCUT2D eigenvalue weighted by Gasteiger charge is 2.40. The van der Waals surface area contributed by atoms with Crippen molar-refractivity contribution < 1.29 is 8.42 Å². The van der Waals surface area contributed by atoms with E-state index in [-0.39, 0.29) is 5.75 Å². The molecule has 0 radical (unpaired) electrons. The van der Waals surface area contributed by atoms with Crippen LogP contribution in [-0.2, 0) is 9.84 Å². The number of nitrogens with zero attached hydrogens (tertiary/aromatic N) is 2. The maximum absolute atomic E-state index is 12.2. The summed E-state index contributed by atoms with van der Waals surface area (Å²) in [6.45, 7) is 8.07. The van der Waals surface area contributed by atoms with Crippen molar-refractivity contribution in [2.24, 2.45) is 4.99 Å². The predicted octanol–water partition coefficient (Wildman–Crippen LogP) is 2.25. The van der Waals surface area contributed by atoms with Gasteiger partial charge in [-0.1, -0.05) is 18.2 Å². The van der Waals surface area contributed by atoms with Crippen molar-refractivity contribution >= 4 is 27.6 Å². The molecule has 134 valence electrons. The average Bonchev–Trinajstić information content (AvgIpc) is 2.54. The summed E-state index contributed by atoms with van der Waals surface area (Å²) in [4.78, 5) is 7.99. The molecule has 1 aromatic rings. The summed E-state index contributed by atoms with van der Waals surface area (Å²) in [5.74, 6) is 1.89. The zero-order chi connectivity index (χ0) is 17.6. The molecule has 1 aliphatic rings. The fourth-order valence-corrected chi connectivity index (χ4v) is 4.72. The van der Waals surface area contributed by atoms with Crippen LogP contribution in [-0.4, -0.2) is 61.7 Å². The maximum atomic E-state index is 12.2. The van der Waals surface area contributed by atoms with Gasteiger partial charge in [0.1, 0.15) is 0 Å². The van der Waals surface area contributed by atoms with Crippen LogP contribution in [0.5, 0.6) is 0 Å². The molecule has 2 rings (SSSR count). The zero-order valence-electron chi connectivity index (χ0n) is 14.7. The van der Waals surface area contributed by atoms with Crippen LogP contribution in [0.1, 0.15) is 20.8 Å². The Hall–Kier alpha value is -1.21. The molecule has 0 spiro atoms. The van der Waals surface area contributed by atoms with Crippen LogP contribution >= 0.6 is 11.8 Å². The Balaban J connectivity index is 1.96. The number of benzene rings is 1. The minimum absolute atomic E-state index is 0.184. The smallest absolute Gasteiger partial charge is 0.194 e. The quantitative estimate of drug-likeness (QED) is 0.373. The van der Waals surface area contributed by atoms with Crippen molar-refractivity contribution in [3.63, 3.8) is 0 Å². The van der Waals surface area contributed by atoms with Crippen LogP contribution in [0.4, 0.5) is 0 Å². The lowest BCUT2D eigenvalue weighted by molar-refractivity contribution is 0.353. The molecule has 0 amide bonds. The molecular weight excluding hydrogens is 342 g/mol. The van der Waals surface area contributed by atoms with Crippen LogP contribution in [0, 0.1) is 0 Å². The van der Waals surface area contributed by atoms with Gasteiger partial charge >= 0.3 is 0 Å². The third-order valence-corrected chi connectivity index (χ3v) is 7.57. The van der Waals surface area contributed by atoms with Crippen molar-refractivity contribution in [1.82, 2.24) is 10.2 Å². The van der Waals surface area contributed by atoms with E-state index in [1.54, 1.807) is 25.6 Å². The van der Waals surface area contributed by atoms with Gasteiger partial charge in [-0.15, -0.1) is 11.8 Å². The molecule has 1 fully saturated rings. The number of hydrogen-bond donors (Lipinski definition) is 1. The van der Waals surface area contributed by atoms with E-state index in [4.69, 9.17) is 0 Å². The lowest BCUT2D eigenvalue weighted by Crippen LogP contribution is -2.57. The third kappa shape index (κ3) is 4.89. The Bertz CT molecular complexity index is 658. The molecule has 1 aliphatic heterocycles. The molecule has 0 unspecified atom stereocenters. The van der Waals surface area contributed by atoms with Gasteiger partial charge in [0.2, 0.25) is 0 Å². The van der Waals surface area contributed by atoms with Gasteiger partial charge in [-0.25, -0.2) is 8.42 Å². The van der Waals surface area contributed by atoms with Gasteiger partial charge in [0, 0.05) is 30.3 Å². The molecule has 0 aliphatic carbocycles. The van der Waals surface area contributed by atoms with Gasteiger partial charge in [0.05, 0.1) is 17.0 Å². The predicted molar refractivity (Wildman–Crippen MR) is 103 cm³/mol. The lowest BCUT2D eigenvalue weighted by Gasteiger charge is -2.39. The topological polar surface area (TPSA) is 61.8 Å². The van der Waals surface area contributed by atoms with Gasteiger partial charge in [0.15, 0.2) is 15.8 Å². The van der Waals surface area contributed by atoms with Crippen LogP contribution < -0.4 is 5.32 Å². The summed E-state index contributed by atoms with van der Waals surface area (Å²) in [7, 11) is -3.03. The van der Waals surface area contributed by atoms with Crippen molar-refractivity contribution in [1.29, 1.82) is 0 Å². The van der Waals surface area contributed by atoms with E-state index >= 15 is 0 Å². The first-order valence-electron chi connectivity index (χ1n) is 8.29. The van der Waals surface area contributed by atoms with Crippen molar-refractivity contribution in [3.8, 4) is 0 Å². The van der Waals surface area contributed by atoms with E-state index in [2.05, 4.69) is 27.3 Å². The van der Waals surface area contributed by atoms with Crippen molar-refractivity contribution in [2.75, 3.05) is 37.7 Å². The summed E-state index contributed by atoms with van der Waals surface area (Å²) >= 11 is 1.78. The van der Waals surface area contributed by atoms with Gasteiger partial charge in [-0.2, -0.15) is 0 Å². The Labute approximate surface area is 149 Å². The monoisotopic (exact) mass is 369 g/mol. The number of thioether (sulfide) groups is 1. The summed E-state index contributed by atoms with van der Waals surface area (Å²) in [5.41, 5.74) is 0. The van der Waals surface area contributed by atoms with E-state index < -0.39 is 14.6 Å². The number of sulfone groups is 1.